The summed E-state index contributed by atoms with van der Waals surface area (Å²) in [5, 5.41) is 3.33. The molecule has 34 heavy (non-hydrogen) atoms. The number of amides is 2. The first-order chi connectivity index (χ1) is 16.6. The molecule has 0 aromatic heterocycles. The molecule has 1 saturated carbocycles. The number of anilines is 1. The van der Waals surface area contributed by atoms with Crippen LogP contribution in [0.4, 0.5) is 5.69 Å². The van der Waals surface area contributed by atoms with E-state index in [-0.39, 0.29) is 30.6 Å². The highest BCUT2D eigenvalue weighted by atomic mass is 16.7. The maximum absolute atomic E-state index is 13.6. The number of methoxy groups -OCH3 is 1. The Morgan fingerprint density at radius 2 is 1.71 bits per heavy atom. The zero-order chi connectivity index (χ0) is 23.5. The molecule has 2 heterocycles. The highest BCUT2D eigenvalue weighted by molar-refractivity contribution is 5.97. The third kappa shape index (κ3) is 4.56. The zero-order valence-electron chi connectivity index (χ0n) is 19.6. The molecular formula is C27H32N2O5. The van der Waals surface area contributed by atoms with E-state index in [1.807, 2.05) is 42.5 Å². The molecule has 2 atom stereocenters. The lowest BCUT2D eigenvalue weighted by Crippen LogP contribution is -2.50. The highest BCUT2D eigenvalue weighted by Crippen LogP contribution is 2.43. The number of carbonyl (C=O) groups excluding carboxylic acids is 2. The molecule has 0 radical (unpaired) electrons. The first kappa shape index (κ1) is 22.6. The number of hydrogen-bond donors (Lipinski definition) is 1. The predicted molar refractivity (Wildman–Crippen MR) is 128 cm³/mol. The van der Waals surface area contributed by atoms with Crippen LogP contribution in [0.3, 0.4) is 0 Å². The fraction of sp³-hybridized carbons (Fsp3) is 0.481. The standard InChI is InChI=1S/C27H32N2O5/c1-32-21-11-8-18(9-12-21)26-22(27(31)28-19-6-4-2-3-5-7-19)13-15-25(30)29(26)20-10-14-23-24(16-20)34-17-33-23/h8-12,14,16,19,22,26H,2-7,13,15,17H2,1H3,(H,28,31)/t22-,26-/m1/s1. The molecule has 2 fully saturated rings. The van der Waals surface area contributed by atoms with Crippen LogP contribution in [0.1, 0.15) is 63.0 Å². The second kappa shape index (κ2) is 9.95. The van der Waals surface area contributed by atoms with Crippen LogP contribution >= 0.6 is 0 Å². The summed E-state index contributed by atoms with van der Waals surface area (Å²) in [5.41, 5.74) is 1.62. The van der Waals surface area contributed by atoms with E-state index in [1.54, 1.807) is 12.0 Å². The lowest BCUT2D eigenvalue weighted by molar-refractivity contribution is -0.130. The fourth-order valence-electron chi connectivity index (χ4n) is 5.42. The van der Waals surface area contributed by atoms with Gasteiger partial charge in [-0.25, -0.2) is 0 Å². The summed E-state index contributed by atoms with van der Waals surface area (Å²) in [6.45, 7) is 0.168. The van der Waals surface area contributed by atoms with Gasteiger partial charge in [0.25, 0.3) is 0 Å². The average molecular weight is 465 g/mol. The minimum atomic E-state index is -0.418. The molecule has 2 aliphatic heterocycles. The number of ether oxygens (including phenoxy) is 3. The van der Waals surface area contributed by atoms with Gasteiger partial charge in [-0.15, -0.1) is 0 Å². The molecule has 1 N–H and O–H groups in total. The van der Waals surface area contributed by atoms with Crippen molar-refractivity contribution in [1.29, 1.82) is 0 Å². The van der Waals surface area contributed by atoms with Crippen molar-refractivity contribution in [2.45, 2.75) is 63.5 Å². The SMILES string of the molecule is COc1ccc([C@@H]2[C@H](C(=O)NC3CCCCCC3)CCC(=O)N2c2ccc3c(c2)OCO3)cc1. The van der Waals surface area contributed by atoms with E-state index in [9.17, 15) is 9.59 Å². The lowest BCUT2D eigenvalue weighted by atomic mass is 9.82. The molecule has 3 aliphatic rings. The number of nitrogens with one attached hydrogen (secondary N) is 1. The smallest absolute Gasteiger partial charge is 0.231 e. The van der Waals surface area contributed by atoms with E-state index in [4.69, 9.17) is 14.2 Å². The number of rotatable bonds is 5. The van der Waals surface area contributed by atoms with Gasteiger partial charge >= 0.3 is 0 Å². The molecule has 1 saturated heterocycles. The fourth-order valence-corrected chi connectivity index (χ4v) is 5.42. The van der Waals surface area contributed by atoms with Crippen LogP contribution in [0.25, 0.3) is 0 Å². The minimum Gasteiger partial charge on any atom is -0.497 e. The molecule has 5 rings (SSSR count). The van der Waals surface area contributed by atoms with Crippen LogP contribution in [0.5, 0.6) is 17.2 Å². The number of carbonyl (C=O) groups is 2. The summed E-state index contributed by atoms with van der Waals surface area (Å²) in [4.78, 5) is 28.7. The molecule has 0 bridgehead atoms. The monoisotopic (exact) mass is 464 g/mol. The van der Waals surface area contributed by atoms with Crippen molar-refractivity contribution in [3.05, 3.63) is 48.0 Å². The number of nitrogens with zero attached hydrogens (tertiary/aromatic N) is 1. The van der Waals surface area contributed by atoms with E-state index < -0.39 is 6.04 Å². The maximum Gasteiger partial charge on any atom is 0.231 e. The van der Waals surface area contributed by atoms with Crippen molar-refractivity contribution in [3.8, 4) is 17.2 Å². The van der Waals surface area contributed by atoms with E-state index >= 15 is 0 Å². The Balaban J connectivity index is 1.49. The zero-order valence-corrected chi connectivity index (χ0v) is 19.6. The van der Waals surface area contributed by atoms with E-state index in [0.717, 1.165) is 37.0 Å². The Labute approximate surface area is 200 Å². The summed E-state index contributed by atoms with van der Waals surface area (Å²) in [7, 11) is 1.63. The Bertz CT molecular complexity index is 1030. The van der Waals surface area contributed by atoms with E-state index in [0.29, 0.717) is 30.0 Å². The molecule has 0 unspecified atom stereocenters. The molecule has 7 nitrogen and oxygen atoms in total. The molecule has 1 aliphatic carbocycles. The summed E-state index contributed by atoms with van der Waals surface area (Å²) in [5.74, 6) is 1.70. The Hall–Kier alpha value is -3.22. The molecule has 180 valence electrons. The number of hydrogen-bond acceptors (Lipinski definition) is 5. The van der Waals surface area contributed by atoms with Gasteiger partial charge in [0.15, 0.2) is 11.5 Å². The van der Waals surface area contributed by atoms with Gasteiger partial charge in [0.2, 0.25) is 18.6 Å². The van der Waals surface area contributed by atoms with E-state index in [2.05, 4.69) is 5.32 Å². The topological polar surface area (TPSA) is 77.1 Å². The third-order valence-electron chi connectivity index (χ3n) is 7.23. The van der Waals surface area contributed by atoms with Gasteiger partial charge in [0.05, 0.1) is 19.1 Å². The van der Waals surface area contributed by atoms with Gasteiger partial charge in [-0.05, 0) is 49.1 Å². The molecular weight excluding hydrogens is 432 g/mol. The summed E-state index contributed by atoms with van der Waals surface area (Å²) >= 11 is 0. The van der Waals surface area contributed by atoms with Crippen molar-refractivity contribution in [2.24, 2.45) is 5.92 Å². The summed E-state index contributed by atoms with van der Waals surface area (Å²) in [6, 6.07) is 13.0. The van der Waals surface area contributed by atoms with Crippen molar-refractivity contribution >= 4 is 17.5 Å². The van der Waals surface area contributed by atoms with Crippen molar-refractivity contribution in [2.75, 3.05) is 18.8 Å². The Kier molecular flexibility index (Phi) is 6.61. The van der Waals surface area contributed by atoms with Gasteiger partial charge < -0.3 is 24.4 Å². The third-order valence-corrected chi connectivity index (χ3v) is 7.23. The Morgan fingerprint density at radius 1 is 0.971 bits per heavy atom. The van der Waals surface area contributed by atoms with Crippen molar-refractivity contribution < 1.29 is 23.8 Å². The van der Waals surface area contributed by atoms with Crippen molar-refractivity contribution in [3.63, 3.8) is 0 Å². The summed E-state index contributed by atoms with van der Waals surface area (Å²) < 4.78 is 16.4. The molecule has 2 amide bonds. The predicted octanol–water partition coefficient (Wildman–Crippen LogP) is 4.75. The lowest BCUT2D eigenvalue weighted by Gasteiger charge is -2.41. The number of piperidine rings is 1. The second-order valence-electron chi connectivity index (χ2n) is 9.36. The Morgan fingerprint density at radius 3 is 2.44 bits per heavy atom. The van der Waals surface area contributed by atoms with Gasteiger partial charge in [-0.2, -0.15) is 0 Å². The van der Waals surface area contributed by atoms with Crippen LogP contribution in [0.2, 0.25) is 0 Å². The van der Waals surface area contributed by atoms with Crippen LogP contribution in [0, 0.1) is 5.92 Å². The largest absolute Gasteiger partial charge is 0.497 e. The van der Waals surface area contributed by atoms with Gasteiger partial charge in [0, 0.05) is 24.2 Å². The van der Waals surface area contributed by atoms with Crippen LogP contribution in [0.15, 0.2) is 42.5 Å². The molecule has 0 spiro atoms. The highest BCUT2D eigenvalue weighted by Gasteiger charge is 2.42. The second-order valence-corrected chi connectivity index (χ2v) is 9.36. The molecule has 2 aromatic rings. The number of benzene rings is 2. The van der Waals surface area contributed by atoms with Crippen LogP contribution < -0.4 is 24.4 Å². The van der Waals surface area contributed by atoms with Crippen molar-refractivity contribution in [1.82, 2.24) is 5.32 Å². The van der Waals surface area contributed by atoms with Crippen LogP contribution in [-0.2, 0) is 9.59 Å². The summed E-state index contributed by atoms with van der Waals surface area (Å²) in [6.07, 6.45) is 7.66. The molecule has 2 aromatic carbocycles. The maximum atomic E-state index is 13.6. The van der Waals surface area contributed by atoms with Gasteiger partial charge in [-0.1, -0.05) is 37.8 Å². The normalized spacial score (nSPS) is 22.9. The quantitative estimate of drug-likeness (QED) is 0.647. The number of fused-ring (bicyclic) bond motifs is 1. The first-order valence-electron chi connectivity index (χ1n) is 12.3. The van der Waals surface area contributed by atoms with Gasteiger partial charge in [0.1, 0.15) is 5.75 Å². The molecule has 7 heteroatoms. The van der Waals surface area contributed by atoms with Crippen LogP contribution in [-0.4, -0.2) is 31.8 Å². The average Bonchev–Trinajstić information content (AvgIpc) is 3.19. The minimum absolute atomic E-state index is 0.00167. The van der Waals surface area contributed by atoms with E-state index in [1.165, 1.54) is 12.8 Å². The first-order valence-corrected chi connectivity index (χ1v) is 12.3. The van der Waals surface area contributed by atoms with Gasteiger partial charge in [-0.3, -0.25) is 9.59 Å².